The third-order valence-corrected chi connectivity index (χ3v) is 7.10. The number of rotatable bonds is 12. The summed E-state index contributed by atoms with van der Waals surface area (Å²) in [6.07, 6.45) is 3.75. The van der Waals surface area contributed by atoms with Gasteiger partial charge in [0.05, 0.1) is 6.04 Å². The Hall–Kier alpha value is -4.46. The number of hydrogen-bond acceptors (Lipinski definition) is 5. The van der Waals surface area contributed by atoms with Crippen LogP contribution in [0.2, 0.25) is 0 Å². The molecule has 214 valence electrons. The van der Waals surface area contributed by atoms with E-state index in [2.05, 4.69) is 17.6 Å². The molecule has 0 aromatic heterocycles. The van der Waals surface area contributed by atoms with Crippen LogP contribution in [0.5, 0.6) is 0 Å². The fraction of sp³-hybridized carbons (Fsp3) is 0.333. The Morgan fingerprint density at radius 1 is 0.902 bits per heavy atom. The molecule has 1 aliphatic heterocycles. The van der Waals surface area contributed by atoms with E-state index in [9.17, 15) is 19.2 Å². The van der Waals surface area contributed by atoms with Gasteiger partial charge in [0.15, 0.2) is 0 Å². The quantitative estimate of drug-likeness (QED) is 0.258. The van der Waals surface area contributed by atoms with E-state index < -0.39 is 12.0 Å². The summed E-state index contributed by atoms with van der Waals surface area (Å²) in [5.74, 6) is -1.06. The minimum Gasteiger partial charge on any atom is -0.447 e. The average molecular weight is 556 g/mol. The molecule has 0 spiro atoms. The Balaban J connectivity index is 1.33. The minimum atomic E-state index is -0.606. The Morgan fingerprint density at radius 3 is 2.37 bits per heavy atom. The van der Waals surface area contributed by atoms with Crippen molar-refractivity contribution in [2.24, 2.45) is 5.92 Å². The van der Waals surface area contributed by atoms with E-state index >= 15 is 0 Å². The number of anilines is 2. The normalized spacial score (nSPS) is 15.2. The molecule has 1 aliphatic rings. The maximum Gasteiger partial charge on any atom is 0.416 e. The highest BCUT2D eigenvalue weighted by Crippen LogP contribution is 2.23. The SMILES string of the molecule is CCCCCC(=O)Nc1ccc(C(=O)Nc2cccc(C[C@H](C)C(=O)N3C(=O)OC[C@H]3Cc3ccccc3)c2)cc1. The Bertz CT molecular complexity index is 1360. The van der Waals surface area contributed by atoms with Crippen molar-refractivity contribution < 1.29 is 23.9 Å². The summed E-state index contributed by atoms with van der Waals surface area (Å²) in [7, 11) is 0. The molecular weight excluding hydrogens is 518 g/mol. The highest BCUT2D eigenvalue weighted by Gasteiger charge is 2.39. The predicted molar refractivity (Wildman–Crippen MR) is 159 cm³/mol. The van der Waals surface area contributed by atoms with Gasteiger partial charge < -0.3 is 15.4 Å². The van der Waals surface area contributed by atoms with E-state index in [0.717, 1.165) is 30.4 Å². The zero-order valence-electron chi connectivity index (χ0n) is 23.6. The van der Waals surface area contributed by atoms with Crippen molar-refractivity contribution in [3.05, 3.63) is 95.6 Å². The van der Waals surface area contributed by atoms with Crippen molar-refractivity contribution in [3.63, 3.8) is 0 Å². The molecule has 1 fully saturated rings. The topological polar surface area (TPSA) is 105 Å². The molecule has 2 N–H and O–H groups in total. The molecule has 3 aromatic rings. The average Bonchev–Trinajstić information content (AvgIpc) is 3.33. The van der Waals surface area contributed by atoms with Gasteiger partial charge in [-0.25, -0.2) is 9.69 Å². The van der Waals surface area contributed by atoms with E-state index in [1.807, 2.05) is 48.5 Å². The van der Waals surface area contributed by atoms with Gasteiger partial charge >= 0.3 is 6.09 Å². The first-order valence-corrected chi connectivity index (χ1v) is 14.2. The van der Waals surface area contributed by atoms with Gasteiger partial charge in [-0.2, -0.15) is 0 Å². The third kappa shape index (κ3) is 8.27. The van der Waals surface area contributed by atoms with Crippen LogP contribution < -0.4 is 10.6 Å². The van der Waals surface area contributed by atoms with E-state index in [0.29, 0.717) is 36.2 Å². The summed E-state index contributed by atoms with van der Waals surface area (Å²) in [4.78, 5) is 51.9. The molecule has 41 heavy (non-hydrogen) atoms. The van der Waals surface area contributed by atoms with Crippen molar-refractivity contribution >= 4 is 35.2 Å². The number of benzene rings is 3. The molecule has 0 aliphatic carbocycles. The smallest absolute Gasteiger partial charge is 0.416 e. The number of imide groups is 1. The molecule has 1 saturated heterocycles. The number of carbonyl (C=O) groups is 4. The summed E-state index contributed by atoms with van der Waals surface area (Å²) in [5.41, 5.74) is 3.60. The molecule has 4 amide bonds. The van der Waals surface area contributed by atoms with Crippen molar-refractivity contribution in [3.8, 4) is 0 Å². The lowest BCUT2D eigenvalue weighted by molar-refractivity contribution is -0.132. The van der Waals surface area contributed by atoms with Crippen LogP contribution in [0.3, 0.4) is 0 Å². The molecule has 0 radical (unpaired) electrons. The molecule has 4 rings (SSSR count). The van der Waals surface area contributed by atoms with Crippen LogP contribution >= 0.6 is 0 Å². The first-order valence-electron chi connectivity index (χ1n) is 14.2. The van der Waals surface area contributed by atoms with Crippen molar-refractivity contribution in [2.45, 2.75) is 58.4 Å². The fourth-order valence-electron chi connectivity index (χ4n) is 4.89. The summed E-state index contributed by atoms with van der Waals surface area (Å²) in [5, 5.41) is 5.75. The number of ether oxygens (including phenoxy) is 1. The van der Waals surface area contributed by atoms with E-state index in [-0.39, 0.29) is 30.4 Å². The zero-order chi connectivity index (χ0) is 29.2. The molecule has 1 heterocycles. The van der Waals surface area contributed by atoms with Gasteiger partial charge in [-0.1, -0.05) is 69.2 Å². The van der Waals surface area contributed by atoms with Crippen molar-refractivity contribution in [1.29, 1.82) is 0 Å². The number of nitrogens with one attached hydrogen (secondary N) is 2. The molecule has 3 aromatic carbocycles. The fourth-order valence-corrected chi connectivity index (χ4v) is 4.89. The van der Waals surface area contributed by atoms with Gasteiger partial charge in [0.1, 0.15) is 6.61 Å². The molecule has 8 nitrogen and oxygen atoms in total. The van der Waals surface area contributed by atoms with Crippen LogP contribution in [0.1, 0.15) is 61.0 Å². The molecule has 0 bridgehead atoms. The molecule has 0 saturated carbocycles. The highest BCUT2D eigenvalue weighted by atomic mass is 16.6. The maximum atomic E-state index is 13.3. The van der Waals surface area contributed by atoms with Gasteiger partial charge in [0.2, 0.25) is 11.8 Å². The number of hydrogen-bond donors (Lipinski definition) is 2. The van der Waals surface area contributed by atoms with Crippen LogP contribution in [0.4, 0.5) is 16.2 Å². The lowest BCUT2D eigenvalue weighted by Gasteiger charge is -2.23. The summed E-state index contributed by atoms with van der Waals surface area (Å²) >= 11 is 0. The first-order chi connectivity index (χ1) is 19.8. The zero-order valence-corrected chi connectivity index (χ0v) is 23.6. The van der Waals surface area contributed by atoms with E-state index in [1.54, 1.807) is 37.3 Å². The summed E-state index contributed by atoms with van der Waals surface area (Å²) in [6.45, 7) is 4.07. The van der Waals surface area contributed by atoms with Gasteiger partial charge in [-0.15, -0.1) is 0 Å². The molecule has 0 unspecified atom stereocenters. The van der Waals surface area contributed by atoms with Crippen LogP contribution in [0.25, 0.3) is 0 Å². The number of cyclic esters (lactones) is 1. The number of carbonyl (C=O) groups excluding carboxylic acids is 4. The maximum absolute atomic E-state index is 13.3. The number of nitrogens with zero attached hydrogens (tertiary/aromatic N) is 1. The summed E-state index contributed by atoms with van der Waals surface area (Å²) in [6, 6.07) is 23.5. The van der Waals surface area contributed by atoms with Crippen LogP contribution in [0, 0.1) is 5.92 Å². The summed E-state index contributed by atoms with van der Waals surface area (Å²) < 4.78 is 5.22. The molecule has 8 heteroatoms. The van der Waals surface area contributed by atoms with E-state index in [1.165, 1.54) is 4.90 Å². The van der Waals surface area contributed by atoms with Crippen LogP contribution in [-0.4, -0.2) is 41.4 Å². The molecule has 2 atom stereocenters. The van der Waals surface area contributed by atoms with E-state index in [4.69, 9.17) is 4.74 Å². The Kier molecular flexibility index (Phi) is 10.3. The van der Waals surface area contributed by atoms with Crippen molar-refractivity contribution in [2.75, 3.05) is 17.2 Å². The Morgan fingerprint density at radius 2 is 1.63 bits per heavy atom. The second-order valence-corrected chi connectivity index (χ2v) is 10.5. The second-order valence-electron chi connectivity index (χ2n) is 10.5. The lowest BCUT2D eigenvalue weighted by Crippen LogP contribution is -2.43. The molecular formula is C33H37N3O5. The lowest BCUT2D eigenvalue weighted by atomic mass is 9.98. The van der Waals surface area contributed by atoms with Crippen LogP contribution in [-0.2, 0) is 27.2 Å². The third-order valence-electron chi connectivity index (χ3n) is 7.10. The predicted octanol–water partition coefficient (Wildman–Crippen LogP) is 6.23. The standard InChI is InChI=1S/C33H37N3O5/c1-3-4-6-14-30(37)34-27-17-15-26(16-18-27)31(38)35-28-13-9-12-25(20-28)19-23(2)32(39)36-29(22-41-33(36)40)21-24-10-7-5-8-11-24/h5,7-13,15-18,20,23,29H,3-4,6,14,19,21-22H2,1-2H3,(H,34,37)(H,35,38)/t23-,29+/m0/s1. The van der Waals surface area contributed by atoms with Crippen molar-refractivity contribution in [1.82, 2.24) is 4.90 Å². The largest absolute Gasteiger partial charge is 0.447 e. The number of unbranched alkanes of at least 4 members (excludes halogenated alkanes) is 2. The van der Waals surface area contributed by atoms with Gasteiger partial charge in [0, 0.05) is 29.3 Å². The van der Waals surface area contributed by atoms with Gasteiger partial charge in [-0.05, 0) is 66.8 Å². The van der Waals surface area contributed by atoms with Crippen LogP contribution in [0.15, 0.2) is 78.9 Å². The highest BCUT2D eigenvalue weighted by molar-refractivity contribution is 6.04. The number of amides is 4. The minimum absolute atomic E-state index is 0.0338. The monoisotopic (exact) mass is 555 g/mol. The second kappa shape index (κ2) is 14.3. The van der Waals surface area contributed by atoms with Gasteiger partial charge in [-0.3, -0.25) is 14.4 Å². The van der Waals surface area contributed by atoms with Gasteiger partial charge in [0.25, 0.3) is 5.91 Å². The Labute approximate surface area is 241 Å². The first kappa shape index (κ1) is 29.5.